The second kappa shape index (κ2) is 3.06. The highest BCUT2D eigenvalue weighted by molar-refractivity contribution is 6.29. The molecule has 0 aliphatic carbocycles. The Morgan fingerprint density at radius 3 is 2.80 bits per heavy atom. The Labute approximate surface area is 93.7 Å². The average Bonchev–Trinajstić information content (AvgIpc) is 1.95. The maximum atomic E-state index is 5.90. The van der Waals surface area contributed by atoms with Gasteiger partial charge in [-0.3, -0.25) is 6.54 Å². The van der Waals surface area contributed by atoms with Crippen LogP contribution in [0.2, 0.25) is 5.15 Å². The summed E-state index contributed by atoms with van der Waals surface area (Å²) < 4.78 is 0. The van der Waals surface area contributed by atoms with Crippen molar-refractivity contribution in [3.05, 3.63) is 23.6 Å². The van der Waals surface area contributed by atoms with Crippen LogP contribution < -0.4 is 10.2 Å². The summed E-state index contributed by atoms with van der Waals surface area (Å²) in [5, 5.41) is 3.71. The van der Waals surface area contributed by atoms with E-state index in [1.807, 2.05) is 13.0 Å². The van der Waals surface area contributed by atoms with E-state index in [1.165, 1.54) is 0 Å². The third kappa shape index (κ3) is 1.48. The molecule has 80 valence electrons. The summed E-state index contributed by atoms with van der Waals surface area (Å²) in [6, 6.07) is 1.83. The summed E-state index contributed by atoms with van der Waals surface area (Å²) in [5.74, 6) is 1.67. The van der Waals surface area contributed by atoms with Crippen molar-refractivity contribution in [2.24, 2.45) is 5.41 Å². The fourth-order valence-corrected chi connectivity index (χ4v) is 2.37. The molecule has 0 atom stereocenters. The highest BCUT2D eigenvalue weighted by atomic mass is 35.5. The summed E-state index contributed by atoms with van der Waals surface area (Å²) in [6.45, 7) is 7.20. The minimum absolute atomic E-state index is 0.394. The molecule has 0 aromatic carbocycles. The van der Waals surface area contributed by atoms with Crippen molar-refractivity contribution in [3.63, 3.8) is 0 Å². The Morgan fingerprint density at radius 1 is 1.53 bits per heavy atom. The molecule has 0 radical (unpaired) electrons. The van der Waals surface area contributed by atoms with Crippen molar-refractivity contribution >= 4 is 17.4 Å². The normalized spacial score (nSPS) is 22.4. The van der Waals surface area contributed by atoms with Gasteiger partial charge in [0.15, 0.2) is 0 Å². The largest absolute Gasteiger partial charge is 0.471 e. The van der Waals surface area contributed by atoms with Crippen LogP contribution in [0.5, 0.6) is 0 Å². The first-order valence-corrected chi connectivity index (χ1v) is 5.39. The molecular formula is C10H12ClN4-. The number of rotatable bonds is 1. The van der Waals surface area contributed by atoms with Crippen LogP contribution in [0.25, 0.3) is 0 Å². The molecule has 3 rings (SSSR count). The van der Waals surface area contributed by atoms with E-state index in [0.717, 1.165) is 31.3 Å². The molecule has 1 aromatic heterocycles. The van der Waals surface area contributed by atoms with E-state index in [1.54, 1.807) is 0 Å². The number of nitrogens with one attached hydrogen (secondary N) is 1. The maximum Gasteiger partial charge on any atom is 0.134 e. The van der Waals surface area contributed by atoms with Crippen LogP contribution in [0.4, 0.5) is 5.82 Å². The number of anilines is 1. The molecule has 0 bridgehead atoms. The monoisotopic (exact) mass is 223 g/mol. The predicted octanol–water partition coefficient (Wildman–Crippen LogP) is 1.01. The molecule has 0 amide bonds. The van der Waals surface area contributed by atoms with E-state index in [0.29, 0.717) is 10.6 Å². The zero-order valence-corrected chi connectivity index (χ0v) is 9.25. The molecule has 15 heavy (non-hydrogen) atoms. The van der Waals surface area contributed by atoms with E-state index in [2.05, 4.69) is 26.7 Å². The van der Waals surface area contributed by atoms with Crippen molar-refractivity contribution in [3.8, 4) is 0 Å². The number of halogens is 1. The van der Waals surface area contributed by atoms with Gasteiger partial charge < -0.3 is 10.2 Å². The van der Waals surface area contributed by atoms with Gasteiger partial charge in [-0.2, -0.15) is 0 Å². The summed E-state index contributed by atoms with van der Waals surface area (Å²) in [6.07, 6.45) is 0. The summed E-state index contributed by atoms with van der Waals surface area (Å²) in [5.41, 5.74) is 0.394. The molecule has 5 heteroatoms. The summed E-state index contributed by atoms with van der Waals surface area (Å²) in [7, 11) is 0. The van der Waals surface area contributed by atoms with Gasteiger partial charge in [0.1, 0.15) is 16.8 Å². The van der Waals surface area contributed by atoms with Gasteiger partial charge in [0.2, 0.25) is 0 Å². The van der Waals surface area contributed by atoms with Gasteiger partial charge in [-0.25, -0.2) is 9.97 Å². The Kier molecular flexibility index (Phi) is 1.91. The first kappa shape index (κ1) is 9.36. The van der Waals surface area contributed by atoms with Crippen molar-refractivity contribution in [1.29, 1.82) is 0 Å². The standard InChI is InChI=1S/C10H12ClN4/c1-7-13-8(11)2-9(14-7)15-5-10(6-15)3-12-4-10/h2-3,12H,4-6H2,1H3/q-1. The number of aromatic nitrogens is 2. The van der Waals surface area contributed by atoms with E-state index in [4.69, 9.17) is 11.6 Å². The molecule has 1 N–H and O–H groups in total. The van der Waals surface area contributed by atoms with E-state index >= 15 is 0 Å². The molecule has 2 aliphatic rings. The fourth-order valence-electron chi connectivity index (χ4n) is 2.15. The van der Waals surface area contributed by atoms with Gasteiger partial charge in [0.25, 0.3) is 0 Å². The Morgan fingerprint density at radius 2 is 2.27 bits per heavy atom. The predicted molar refractivity (Wildman–Crippen MR) is 58.7 cm³/mol. The van der Waals surface area contributed by atoms with Crippen LogP contribution in [0.1, 0.15) is 5.82 Å². The van der Waals surface area contributed by atoms with Gasteiger partial charge in [-0.1, -0.05) is 23.6 Å². The Hall–Kier alpha value is -0.870. The molecule has 2 aliphatic heterocycles. The SMILES string of the molecule is Cc1nc(Cl)cc(N2CC3([CH-]NC3)C2)n1. The van der Waals surface area contributed by atoms with Crippen LogP contribution in [0, 0.1) is 18.9 Å². The van der Waals surface area contributed by atoms with Crippen LogP contribution in [-0.2, 0) is 0 Å². The Bertz CT molecular complexity index is 374. The number of hydrogen-bond donors (Lipinski definition) is 1. The fraction of sp³-hybridized carbons (Fsp3) is 0.500. The lowest BCUT2D eigenvalue weighted by atomic mass is 9.74. The van der Waals surface area contributed by atoms with Crippen molar-refractivity contribution in [2.75, 3.05) is 24.5 Å². The van der Waals surface area contributed by atoms with Gasteiger partial charge in [-0.15, -0.1) is 0 Å². The summed E-state index contributed by atoms with van der Waals surface area (Å²) in [4.78, 5) is 10.7. The molecule has 0 saturated carbocycles. The van der Waals surface area contributed by atoms with E-state index in [9.17, 15) is 0 Å². The minimum atomic E-state index is 0.394. The second-order valence-electron chi connectivity index (χ2n) is 4.34. The van der Waals surface area contributed by atoms with Gasteiger partial charge >= 0.3 is 0 Å². The highest BCUT2D eigenvalue weighted by Gasteiger charge is 2.39. The first-order chi connectivity index (χ1) is 7.17. The lowest BCUT2D eigenvalue weighted by Crippen LogP contribution is -2.68. The number of hydrogen-bond acceptors (Lipinski definition) is 4. The summed E-state index contributed by atoms with van der Waals surface area (Å²) >= 11 is 5.90. The molecule has 4 nitrogen and oxygen atoms in total. The topological polar surface area (TPSA) is 41.1 Å². The zero-order valence-electron chi connectivity index (χ0n) is 8.50. The van der Waals surface area contributed by atoms with Crippen molar-refractivity contribution in [1.82, 2.24) is 15.3 Å². The van der Waals surface area contributed by atoms with E-state index < -0.39 is 0 Å². The number of nitrogens with zero attached hydrogens (tertiary/aromatic N) is 3. The van der Waals surface area contributed by atoms with Crippen LogP contribution >= 0.6 is 11.6 Å². The van der Waals surface area contributed by atoms with Gasteiger partial charge in [0, 0.05) is 19.2 Å². The highest BCUT2D eigenvalue weighted by Crippen LogP contribution is 2.39. The van der Waals surface area contributed by atoms with Crippen LogP contribution in [0.3, 0.4) is 0 Å². The first-order valence-electron chi connectivity index (χ1n) is 5.01. The molecule has 1 aromatic rings. The molecule has 0 unspecified atom stereocenters. The van der Waals surface area contributed by atoms with Crippen molar-refractivity contribution in [2.45, 2.75) is 6.92 Å². The van der Waals surface area contributed by atoms with Crippen LogP contribution in [0.15, 0.2) is 6.07 Å². The maximum absolute atomic E-state index is 5.90. The van der Waals surface area contributed by atoms with Gasteiger partial charge in [-0.05, 0) is 6.92 Å². The molecular weight excluding hydrogens is 212 g/mol. The lowest BCUT2D eigenvalue weighted by Gasteiger charge is -2.65. The average molecular weight is 224 g/mol. The third-order valence-electron chi connectivity index (χ3n) is 2.99. The minimum Gasteiger partial charge on any atom is -0.471 e. The second-order valence-corrected chi connectivity index (χ2v) is 4.73. The van der Waals surface area contributed by atoms with Crippen molar-refractivity contribution < 1.29 is 0 Å². The molecule has 1 spiro atoms. The van der Waals surface area contributed by atoms with Gasteiger partial charge in [0.05, 0.1) is 0 Å². The molecule has 3 heterocycles. The molecule has 2 fully saturated rings. The Balaban J connectivity index is 1.77. The van der Waals surface area contributed by atoms with Crippen LogP contribution in [-0.4, -0.2) is 29.6 Å². The zero-order chi connectivity index (χ0) is 10.5. The number of aryl methyl sites for hydroxylation is 1. The third-order valence-corrected chi connectivity index (χ3v) is 3.18. The quantitative estimate of drug-likeness (QED) is 0.570. The molecule has 2 saturated heterocycles. The smallest absolute Gasteiger partial charge is 0.134 e. The lowest BCUT2D eigenvalue weighted by molar-refractivity contribution is 0.172. The van der Waals surface area contributed by atoms with E-state index in [-0.39, 0.29) is 0 Å².